The van der Waals surface area contributed by atoms with Crippen LogP contribution in [0.2, 0.25) is 0 Å². The smallest absolute Gasteiger partial charge is 0.313 e. The molecule has 2 unspecified atom stereocenters. The van der Waals surface area contributed by atoms with E-state index < -0.39 is 5.54 Å². The Labute approximate surface area is 155 Å². The number of nitrogens with zero attached hydrogens (tertiary/aromatic N) is 2. The first-order chi connectivity index (χ1) is 12.3. The summed E-state index contributed by atoms with van der Waals surface area (Å²) in [5, 5.41) is 0. The van der Waals surface area contributed by atoms with Crippen LogP contribution in [0.5, 0.6) is 0 Å². The summed E-state index contributed by atoms with van der Waals surface area (Å²) in [7, 11) is 1.70. The highest BCUT2D eigenvalue weighted by molar-refractivity contribution is 6.11. The summed E-state index contributed by atoms with van der Waals surface area (Å²) < 4.78 is 0. The van der Waals surface area contributed by atoms with Gasteiger partial charge in [-0.25, -0.2) is 4.79 Å². The third kappa shape index (κ3) is 2.74. The maximum absolute atomic E-state index is 13.2. The second-order valence-electron chi connectivity index (χ2n) is 7.94. The molecule has 0 radical (unpaired) electrons. The zero-order valence-corrected chi connectivity index (χ0v) is 15.9. The van der Waals surface area contributed by atoms with Crippen LogP contribution in [0, 0.1) is 17.8 Å². The van der Waals surface area contributed by atoms with Gasteiger partial charge in [0.05, 0.1) is 6.54 Å². The molecule has 2 saturated carbocycles. The van der Waals surface area contributed by atoms with Crippen molar-refractivity contribution in [3.63, 3.8) is 0 Å². The Morgan fingerprint density at radius 3 is 2.58 bits per heavy atom. The highest BCUT2D eigenvalue weighted by atomic mass is 16.2. The van der Waals surface area contributed by atoms with Gasteiger partial charge in [-0.2, -0.15) is 0 Å². The van der Waals surface area contributed by atoms with Crippen LogP contribution in [0.4, 0.5) is 4.79 Å². The number of ketones is 1. The van der Waals surface area contributed by atoms with Crippen molar-refractivity contribution < 1.29 is 14.4 Å². The van der Waals surface area contributed by atoms with E-state index in [-0.39, 0.29) is 30.2 Å². The summed E-state index contributed by atoms with van der Waals surface area (Å²) in [6.45, 7) is 7.16. The van der Waals surface area contributed by atoms with Gasteiger partial charge in [0.25, 0.3) is 5.91 Å². The van der Waals surface area contributed by atoms with Crippen LogP contribution < -0.4 is 0 Å². The maximum Gasteiger partial charge on any atom is 0.327 e. The molecule has 5 nitrogen and oxygen atoms in total. The summed E-state index contributed by atoms with van der Waals surface area (Å²) in [4.78, 5) is 41.2. The Morgan fingerprint density at radius 2 is 2.04 bits per heavy atom. The number of hydrogen-bond acceptors (Lipinski definition) is 3. The number of rotatable bonds is 6. The van der Waals surface area contributed by atoms with E-state index in [2.05, 4.69) is 6.58 Å². The fourth-order valence-electron chi connectivity index (χ4n) is 5.07. The number of fused-ring (bicyclic) bond motifs is 2. The average molecular weight is 356 g/mol. The molecular weight excluding hydrogens is 328 g/mol. The molecule has 3 aliphatic rings. The monoisotopic (exact) mass is 356 g/mol. The van der Waals surface area contributed by atoms with Gasteiger partial charge in [-0.05, 0) is 50.9 Å². The SMILES string of the molecule is C=C/C(=C\C=C/C)C(=O)CN1C(=O)N(C)C(C)(C2C[C@H]3CC[C@@H]2C3)C1=O. The number of allylic oxidation sites excluding steroid dienone is 4. The molecule has 1 heterocycles. The minimum absolute atomic E-state index is 0.195. The van der Waals surface area contributed by atoms with E-state index in [0.29, 0.717) is 17.4 Å². The molecule has 1 aliphatic heterocycles. The van der Waals surface area contributed by atoms with Gasteiger partial charge in [0.1, 0.15) is 5.54 Å². The van der Waals surface area contributed by atoms with Gasteiger partial charge in [-0.15, -0.1) is 0 Å². The van der Waals surface area contributed by atoms with Crippen molar-refractivity contribution in [3.05, 3.63) is 36.5 Å². The third-order valence-electron chi connectivity index (χ3n) is 6.66. The molecule has 1 saturated heterocycles. The summed E-state index contributed by atoms with van der Waals surface area (Å²) in [5.41, 5.74) is -0.432. The van der Waals surface area contributed by atoms with E-state index in [1.807, 2.05) is 19.9 Å². The number of amides is 3. The number of imide groups is 1. The predicted octanol–water partition coefficient (Wildman–Crippen LogP) is 3.33. The first kappa shape index (κ1) is 18.6. The lowest BCUT2D eigenvalue weighted by Crippen LogP contribution is -2.53. The molecule has 2 aliphatic carbocycles. The molecule has 26 heavy (non-hydrogen) atoms. The van der Waals surface area contributed by atoms with Gasteiger partial charge in [0, 0.05) is 12.6 Å². The zero-order chi connectivity index (χ0) is 19.1. The minimum Gasteiger partial charge on any atom is -0.313 e. The van der Waals surface area contributed by atoms with Gasteiger partial charge in [0.2, 0.25) is 0 Å². The molecule has 0 spiro atoms. The van der Waals surface area contributed by atoms with Crippen molar-refractivity contribution in [3.8, 4) is 0 Å². The Balaban J connectivity index is 1.82. The highest BCUT2D eigenvalue weighted by Gasteiger charge is 2.61. The molecule has 3 rings (SSSR count). The van der Waals surface area contributed by atoms with E-state index in [0.717, 1.165) is 17.7 Å². The van der Waals surface area contributed by atoms with Crippen molar-refractivity contribution in [2.45, 2.75) is 45.1 Å². The number of Topliss-reactive ketones (excluding diaryl/α,β-unsaturated/α-hetero) is 1. The highest BCUT2D eigenvalue weighted by Crippen LogP contribution is 2.54. The third-order valence-corrected chi connectivity index (χ3v) is 6.66. The van der Waals surface area contributed by atoms with Crippen LogP contribution in [-0.2, 0) is 9.59 Å². The number of carbonyl (C=O) groups excluding carboxylic acids is 3. The van der Waals surface area contributed by atoms with Crippen molar-refractivity contribution in [2.24, 2.45) is 17.8 Å². The van der Waals surface area contributed by atoms with Gasteiger partial charge < -0.3 is 4.90 Å². The maximum atomic E-state index is 13.2. The lowest BCUT2D eigenvalue weighted by Gasteiger charge is -2.39. The van der Waals surface area contributed by atoms with Crippen molar-refractivity contribution >= 4 is 17.7 Å². The molecule has 3 fully saturated rings. The number of urea groups is 1. The Bertz CT molecular complexity index is 708. The second-order valence-corrected chi connectivity index (χ2v) is 7.94. The van der Waals surface area contributed by atoms with Gasteiger partial charge in [0.15, 0.2) is 5.78 Å². The first-order valence-corrected chi connectivity index (χ1v) is 9.42. The summed E-state index contributed by atoms with van der Waals surface area (Å²) in [6, 6.07) is -0.372. The van der Waals surface area contributed by atoms with Crippen LogP contribution in [0.1, 0.15) is 39.5 Å². The topological polar surface area (TPSA) is 57.7 Å². The fourth-order valence-corrected chi connectivity index (χ4v) is 5.07. The van der Waals surface area contributed by atoms with Crippen molar-refractivity contribution in [2.75, 3.05) is 13.6 Å². The molecule has 2 bridgehead atoms. The molecule has 0 aromatic heterocycles. The Hall–Kier alpha value is -2.17. The average Bonchev–Trinajstić information content (AvgIpc) is 3.31. The zero-order valence-electron chi connectivity index (χ0n) is 15.9. The molecule has 0 N–H and O–H groups in total. The molecule has 140 valence electrons. The Morgan fingerprint density at radius 1 is 1.31 bits per heavy atom. The largest absolute Gasteiger partial charge is 0.327 e. The second kappa shape index (κ2) is 6.86. The van der Waals surface area contributed by atoms with Crippen LogP contribution in [0.15, 0.2) is 36.5 Å². The van der Waals surface area contributed by atoms with Crippen molar-refractivity contribution in [1.82, 2.24) is 9.80 Å². The molecule has 5 heteroatoms. The summed E-state index contributed by atoms with van der Waals surface area (Å²) in [5.74, 6) is 0.888. The number of likely N-dealkylation sites (N-methyl/N-ethyl adjacent to an activating group) is 1. The summed E-state index contributed by atoms with van der Waals surface area (Å²) in [6.07, 6.45) is 11.2. The van der Waals surface area contributed by atoms with Crippen molar-refractivity contribution in [1.29, 1.82) is 0 Å². The van der Waals surface area contributed by atoms with E-state index in [9.17, 15) is 14.4 Å². The Kier molecular flexibility index (Phi) is 4.91. The molecule has 0 aromatic rings. The van der Waals surface area contributed by atoms with Crippen LogP contribution in [-0.4, -0.2) is 46.7 Å². The predicted molar refractivity (Wildman–Crippen MR) is 100 cm³/mol. The lowest BCUT2D eigenvalue weighted by atomic mass is 9.74. The van der Waals surface area contributed by atoms with Gasteiger partial charge >= 0.3 is 6.03 Å². The van der Waals surface area contributed by atoms with Crippen LogP contribution >= 0.6 is 0 Å². The first-order valence-electron chi connectivity index (χ1n) is 9.42. The number of carbonyl (C=O) groups is 3. The van der Waals surface area contributed by atoms with Crippen LogP contribution in [0.25, 0.3) is 0 Å². The van der Waals surface area contributed by atoms with Gasteiger partial charge in [-0.1, -0.05) is 37.3 Å². The minimum atomic E-state index is -0.835. The molecular formula is C21H28N2O3. The van der Waals surface area contributed by atoms with E-state index in [4.69, 9.17) is 0 Å². The summed E-state index contributed by atoms with van der Waals surface area (Å²) >= 11 is 0. The number of hydrogen-bond donors (Lipinski definition) is 0. The van der Waals surface area contributed by atoms with E-state index in [1.165, 1.54) is 18.9 Å². The lowest BCUT2D eigenvalue weighted by molar-refractivity contribution is -0.137. The van der Waals surface area contributed by atoms with Crippen LogP contribution in [0.3, 0.4) is 0 Å². The molecule has 3 amide bonds. The quantitative estimate of drug-likeness (QED) is 0.417. The normalized spacial score (nSPS) is 34.4. The molecule has 0 aromatic carbocycles. The molecule has 4 atom stereocenters. The van der Waals surface area contributed by atoms with Gasteiger partial charge in [-0.3, -0.25) is 14.5 Å². The fraction of sp³-hybridized carbons (Fsp3) is 0.571. The van der Waals surface area contributed by atoms with E-state index in [1.54, 1.807) is 24.1 Å². The van der Waals surface area contributed by atoms with E-state index >= 15 is 0 Å². The standard InChI is InChI=1S/C21H28N2O3/c1-5-7-8-15(6-2)18(24)13-23-19(25)21(3,22(4)20(23)26)17-12-14-9-10-16(17)11-14/h5-8,14,16-17H,2,9-13H2,1,3-4H3/b7-5-,15-8+/t14-,16+,17?,21?/m0/s1.